The fraction of sp³-hybridized carbons (Fsp3) is 0.214. The van der Waals surface area contributed by atoms with Crippen LogP contribution in [0.2, 0.25) is 0 Å². The Hall–Kier alpha value is -4.33. The highest BCUT2D eigenvalue weighted by molar-refractivity contribution is 5.92. The van der Waals surface area contributed by atoms with E-state index in [9.17, 15) is 14.0 Å². The number of carbonyl (C=O) groups is 1. The molecule has 0 atom stereocenters. The number of nitrogens with zero attached hydrogens (tertiary/aromatic N) is 1. The first-order chi connectivity index (χ1) is 17.5. The summed E-state index contributed by atoms with van der Waals surface area (Å²) in [6, 6.07) is 19.3. The minimum Gasteiger partial charge on any atom is -0.486 e. The minimum absolute atomic E-state index is 0.0577. The average Bonchev–Trinajstić information content (AvgIpc) is 2.90. The standard InChI is InChI=1S/C28H26FN3O4/c1-2-18-7-9-21(10-8-18)30-16-20-13-19-14-25-26(36-12-11-35-25)15-24(19)32(28(20)34)17-27(33)31-23-6-4-3-5-22(23)29/h3-10,13-15,30H,2,11-12,16-17H2,1H3,(H,31,33). The number of benzene rings is 3. The topological polar surface area (TPSA) is 81.6 Å². The number of anilines is 2. The van der Waals surface area contributed by atoms with Crippen LogP contribution in [-0.4, -0.2) is 23.7 Å². The quantitative estimate of drug-likeness (QED) is 0.394. The third-order valence-electron chi connectivity index (χ3n) is 6.13. The van der Waals surface area contributed by atoms with Crippen LogP contribution in [0.4, 0.5) is 15.8 Å². The van der Waals surface area contributed by atoms with Crippen molar-refractivity contribution in [1.29, 1.82) is 0 Å². The molecule has 4 aromatic rings. The number of fused-ring (bicyclic) bond motifs is 2. The highest BCUT2D eigenvalue weighted by atomic mass is 19.1. The Balaban J connectivity index is 1.50. The van der Waals surface area contributed by atoms with Gasteiger partial charge >= 0.3 is 0 Å². The average molecular weight is 488 g/mol. The van der Waals surface area contributed by atoms with Crippen molar-refractivity contribution in [3.8, 4) is 11.5 Å². The van der Waals surface area contributed by atoms with Gasteiger partial charge in [0.15, 0.2) is 11.5 Å². The fourth-order valence-electron chi connectivity index (χ4n) is 4.21. The molecule has 1 aromatic heterocycles. The molecule has 0 saturated heterocycles. The van der Waals surface area contributed by atoms with E-state index in [2.05, 4.69) is 17.6 Å². The number of carbonyl (C=O) groups excluding carboxylic acids is 1. The number of ether oxygens (including phenoxy) is 2. The van der Waals surface area contributed by atoms with Gasteiger partial charge in [-0.25, -0.2) is 4.39 Å². The lowest BCUT2D eigenvalue weighted by Crippen LogP contribution is -2.31. The first-order valence-corrected chi connectivity index (χ1v) is 11.8. The molecule has 36 heavy (non-hydrogen) atoms. The van der Waals surface area contributed by atoms with E-state index >= 15 is 0 Å². The Morgan fingerprint density at radius 1 is 1.00 bits per heavy atom. The number of halogens is 1. The number of nitrogens with one attached hydrogen (secondary N) is 2. The number of pyridine rings is 1. The molecule has 1 aliphatic heterocycles. The van der Waals surface area contributed by atoms with Gasteiger partial charge in [-0.05, 0) is 48.4 Å². The largest absolute Gasteiger partial charge is 0.486 e. The predicted molar refractivity (Wildman–Crippen MR) is 137 cm³/mol. The van der Waals surface area contributed by atoms with E-state index in [1.807, 2.05) is 30.3 Å². The first-order valence-electron chi connectivity index (χ1n) is 11.8. The van der Waals surface area contributed by atoms with Crippen molar-refractivity contribution in [1.82, 2.24) is 4.57 Å². The molecule has 0 spiro atoms. The van der Waals surface area contributed by atoms with Crippen molar-refractivity contribution < 1.29 is 18.7 Å². The van der Waals surface area contributed by atoms with Gasteiger partial charge in [0.2, 0.25) is 5.91 Å². The third kappa shape index (κ3) is 4.88. The number of amides is 1. The molecule has 3 aromatic carbocycles. The second-order valence-corrected chi connectivity index (χ2v) is 8.55. The lowest BCUT2D eigenvalue weighted by molar-refractivity contribution is -0.116. The zero-order valence-corrected chi connectivity index (χ0v) is 19.8. The van der Waals surface area contributed by atoms with Crippen molar-refractivity contribution in [3.63, 3.8) is 0 Å². The summed E-state index contributed by atoms with van der Waals surface area (Å²) in [6.07, 6.45) is 0.945. The van der Waals surface area contributed by atoms with Crippen LogP contribution in [0.5, 0.6) is 11.5 Å². The predicted octanol–water partition coefficient (Wildman–Crippen LogP) is 4.73. The van der Waals surface area contributed by atoms with E-state index < -0.39 is 11.7 Å². The van der Waals surface area contributed by atoms with Crippen molar-refractivity contribution in [2.45, 2.75) is 26.4 Å². The van der Waals surface area contributed by atoms with Crippen LogP contribution in [0.3, 0.4) is 0 Å². The number of aryl methyl sites for hydroxylation is 1. The molecule has 184 valence electrons. The molecular formula is C28H26FN3O4. The van der Waals surface area contributed by atoms with Crippen molar-refractivity contribution in [2.75, 3.05) is 23.8 Å². The molecule has 2 heterocycles. The van der Waals surface area contributed by atoms with E-state index in [1.165, 1.54) is 22.3 Å². The second-order valence-electron chi connectivity index (χ2n) is 8.55. The van der Waals surface area contributed by atoms with Crippen LogP contribution >= 0.6 is 0 Å². The number of aromatic nitrogens is 1. The van der Waals surface area contributed by atoms with Gasteiger partial charge in [0.1, 0.15) is 25.6 Å². The van der Waals surface area contributed by atoms with Crippen molar-refractivity contribution in [3.05, 3.63) is 94.0 Å². The highest BCUT2D eigenvalue weighted by Crippen LogP contribution is 2.34. The van der Waals surface area contributed by atoms with Crippen LogP contribution in [0.15, 0.2) is 71.5 Å². The van der Waals surface area contributed by atoms with E-state index in [0.29, 0.717) is 35.8 Å². The molecule has 1 amide bonds. The Labute approximate surface area is 207 Å². The fourth-order valence-corrected chi connectivity index (χ4v) is 4.21. The highest BCUT2D eigenvalue weighted by Gasteiger charge is 2.19. The molecule has 0 aliphatic carbocycles. The summed E-state index contributed by atoms with van der Waals surface area (Å²) in [7, 11) is 0. The lowest BCUT2D eigenvalue weighted by Gasteiger charge is -2.21. The minimum atomic E-state index is -0.547. The number of hydrogen-bond acceptors (Lipinski definition) is 5. The molecule has 8 heteroatoms. The van der Waals surface area contributed by atoms with Crippen molar-refractivity contribution >= 4 is 28.2 Å². The second kappa shape index (κ2) is 10.1. The summed E-state index contributed by atoms with van der Waals surface area (Å²) in [4.78, 5) is 26.4. The monoisotopic (exact) mass is 487 g/mol. The maximum atomic E-state index is 14.1. The molecule has 7 nitrogen and oxygen atoms in total. The molecule has 0 unspecified atom stereocenters. The third-order valence-corrected chi connectivity index (χ3v) is 6.13. The molecule has 0 saturated carbocycles. The Morgan fingerprint density at radius 3 is 2.44 bits per heavy atom. The first kappa shape index (κ1) is 23.4. The Kier molecular flexibility index (Phi) is 6.58. The summed E-state index contributed by atoms with van der Waals surface area (Å²) in [6.45, 7) is 2.91. The van der Waals surface area contributed by atoms with E-state index in [1.54, 1.807) is 24.3 Å². The van der Waals surface area contributed by atoms with Gasteiger partial charge in [0, 0.05) is 29.2 Å². The van der Waals surface area contributed by atoms with Gasteiger partial charge in [-0.15, -0.1) is 0 Å². The maximum Gasteiger partial charge on any atom is 0.256 e. The summed E-state index contributed by atoms with van der Waals surface area (Å²) in [5, 5.41) is 6.58. The van der Waals surface area contributed by atoms with E-state index in [0.717, 1.165) is 17.5 Å². The molecule has 1 aliphatic rings. The van der Waals surface area contributed by atoms with Gasteiger partial charge < -0.3 is 20.1 Å². The molecule has 0 bridgehead atoms. The number of para-hydroxylation sites is 1. The molecule has 5 rings (SSSR count). The maximum absolute atomic E-state index is 14.1. The van der Waals surface area contributed by atoms with Crippen LogP contribution < -0.4 is 25.7 Å². The SMILES string of the molecule is CCc1ccc(NCc2cc3cc4c(cc3n(CC(=O)Nc3ccccc3F)c2=O)OCCO4)cc1. The van der Waals surface area contributed by atoms with Crippen molar-refractivity contribution in [2.24, 2.45) is 0 Å². The summed E-state index contributed by atoms with van der Waals surface area (Å²) in [5.41, 5.74) is 2.86. The van der Waals surface area contributed by atoms with Crippen LogP contribution in [-0.2, 0) is 24.3 Å². The van der Waals surface area contributed by atoms with Gasteiger partial charge in [0.05, 0.1) is 11.2 Å². The summed E-state index contributed by atoms with van der Waals surface area (Å²) in [5.74, 6) is 0.0375. The van der Waals surface area contributed by atoms with Crippen LogP contribution in [0, 0.1) is 5.82 Å². The van der Waals surface area contributed by atoms with Gasteiger partial charge in [-0.2, -0.15) is 0 Å². The molecule has 0 radical (unpaired) electrons. The van der Waals surface area contributed by atoms with Crippen LogP contribution in [0.1, 0.15) is 18.1 Å². The normalized spacial score (nSPS) is 12.4. The molecular weight excluding hydrogens is 461 g/mol. The summed E-state index contributed by atoms with van der Waals surface area (Å²) >= 11 is 0. The van der Waals surface area contributed by atoms with E-state index in [4.69, 9.17) is 9.47 Å². The molecule has 2 N–H and O–H groups in total. The smallest absolute Gasteiger partial charge is 0.256 e. The Morgan fingerprint density at radius 2 is 1.72 bits per heavy atom. The zero-order chi connectivity index (χ0) is 25.1. The Bertz CT molecular complexity index is 1480. The van der Waals surface area contributed by atoms with Gasteiger partial charge in [0.25, 0.3) is 5.56 Å². The lowest BCUT2D eigenvalue weighted by atomic mass is 10.1. The van der Waals surface area contributed by atoms with Gasteiger partial charge in [-0.1, -0.05) is 31.2 Å². The van der Waals surface area contributed by atoms with E-state index in [-0.39, 0.29) is 24.3 Å². The summed E-state index contributed by atoms with van der Waals surface area (Å²) < 4.78 is 26.9. The number of hydrogen-bond donors (Lipinski definition) is 2. The van der Waals surface area contributed by atoms with Crippen LogP contribution in [0.25, 0.3) is 10.9 Å². The van der Waals surface area contributed by atoms with Gasteiger partial charge in [-0.3, -0.25) is 14.2 Å². The molecule has 0 fully saturated rings. The zero-order valence-electron chi connectivity index (χ0n) is 19.8. The number of rotatable bonds is 7.